The standard InChI is InChI=1S/C44H58N10O5/c1-4-36-43(58)51(2)37-27-46-44(49-40(37)54(36)33-7-5-6-8-33)47-35-15-11-30(25-38(35)59-3)41(56)50-53-23-19-32(20-24-53)52-21-17-28(18-22-52)26-45-31-12-9-29(10-13-31)34-14-16-39(55)48-42(34)57/h9-13,15,25,27-28,32-34,36,45H,4-8,14,16-24,26H2,1-3H3,(H,50,56)(H,46,47,49)(H,48,55,57)/t34?,36-/m1/s1. The lowest BCUT2D eigenvalue weighted by Gasteiger charge is -2.43. The SMILES string of the molecule is CC[C@@H]1C(=O)N(C)c2cnc(Nc3ccc(C(=O)NN4CCC(N5CCC(CNc6ccc(C7CCC(=O)NC7=O)cc6)CC5)CC4)cc3OC)nc2N1C1CCCC1. The number of piperidine rings is 3. The number of carbonyl (C=O) groups is 4. The molecule has 2 aromatic carbocycles. The Morgan fingerprint density at radius 1 is 0.915 bits per heavy atom. The Labute approximate surface area is 346 Å². The predicted octanol–water partition coefficient (Wildman–Crippen LogP) is 5.19. The van der Waals surface area contributed by atoms with Crippen LogP contribution in [0.2, 0.25) is 0 Å². The summed E-state index contributed by atoms with van der Waals surface area (Å²) >= 11 is 0. The molecule has 0 bridgehead atoms. The highest BCUT2D eigenvalue weighted by molar-refractivity contribution is 6.04. The van der Waals surface area contributed by atoms with E-state index in [0.29, 0.717) is 59.9 Å². The number of carbonyl (C=O) groups excluding carboxylic acids is 4. The van der Waals surface area contributed by atoms with Crippen LogP contribution >= 0.6 is 0 Å². The van der Waals surface area contributed by atoms with Crippen molar-refractivity contribution in [2.45, 2.75) is 102 Å². The number of fused-ring (bicyclic) bond motifs is 1. The number of likely N-dealkylation sites (N-methyl/N-ethyl adjacent to an activating group) is 1. The summed E-state index contributed by atoms with van der Waals surface area (Å²) in [6.07, 6.45) is 12.0. The van der Waals surface area contributed by atoms with Crippen LogP contribution in [0.5, 0.6) is 5.75 Å². The topological polar surface area (TPSA) is 164 Å². The van der Waals surface area contributed by atoms with Gasteiger partial charge in [0, 0.05) is 56.4 Å². The molecule has 2 atom stereocenters. The van der Waals surface area contributed by atoms with Gasteiger partial charge in [0.25, 0.3) is 5.91 Å². The highest BCUT2D eigenvalue weighted by atomic mass is 16.5. The molecular weight excluding hydrogens is 749 g/mol. The number of nitrogens with one attached hydrogen (secondary N) is 4. The fourth-order valence-corrected chi connectivity index (χ4v) is 9.68. The van der Waals surface area contributed by atoms with Crippen molar-refractivity contribution in [1.82, 2.24) is 30.6 Å². The molecule has 4 aliphatic heterocycles. The van der Waals surface area contributed by atoms with E-state index in [0.717, 1.165) is 101 Å². The van der Waals surface area contributed by atoms with Crippen LogP contribution in [0.3, 0.4) is 0 Å². The molecule has 3 saturated heterocycles. The summed E-state index contributed by atoms with van der Waals surface area (Å²) in [4.78, 5) is 66.5. The minimum atomic E-state index is -0.261. The number of anilines is 5. The fraction of sp³-hybridized carbons (Fsp3) is 0.545. The summed E-state index contributed by atoms with van der Waals surface area (Å²) < 4.78 is 5.73. The van der Waals surface area contributed by atoms with E-state index in [1.807, 2.05) is 35.3 Å². The normalized spacial score (nSPS) is 22.6. The zero-order chi connectivity index (χ0) is 41.0. The molecule has 4 N–H and O–H groups in total. The Hall–Kier alpha value is -5.28. The Balaban J connectivity index is 0.798. The van der Waals surface area contributed by atoms with Crippen molar-refractivity contribution in [3.05, 3.63) is 59.8 Å². The van der Waals surface area contributed by atoms with Crippen molar-refractivity contribution in [3.63, 3.8) is 0 Å². The van der Waals surface area contributed by atoms with E-state index in [2.05, 4.69) is 43.1 Å². The van der Waals surface area contributed by atoms with Gasteiger partial charge in [-0.3, -0.25) is 29.9 Å². The number of rotatable bonds is 12. The second-order valence-corrected chi connectivity index (χ2v) is 16.8. The number of hydrogen-bond donors (Lipinski definition) is 4. The first-order chi connectivity index (χ1) is 28.7. The van der Waals surface area contributed by atoms with Gasteiger partial charge in [-0.15, -0.1) is 0 Å². The molecule has 1 aliphatic carbocycles. The summed E-state index contributed by atoms with van der Waals surface area (Å²) in [6.45, 7) is 6.69. The smallest absolute Gasteiger partial charge is 0.265 e. The number of ether oxygens (including phenoxy) is 1. The van der Waals surface area contributed by atoms with Crippen molar-refractivity contribution >= 4 is 52.5 Å². The first kappa shape index (κ1) is 40.5. The van der Waals surface area contributed by atoms with Crippen LogP contribution in [-0.4, -0.2) is 109 Å². The number of aromatic nitrogens is 2. The molecule has 0 radical (unpaired) electrons. The lowest BCUT2D eigenvalue weighted by Crippen LogP contribution is -2.55. The second-order valence-electron chi connectivity index (χ2n) is 16.8. The van der Waals surface area contributed by atoms with E-state index < -0.39 is 0 Å². The van der Waals surface area contributed by atoms with Gasteiger partial charge in [-0.25, -0.2) is 9.99 Å². The highest BCUT2D eigenvalue weighted by Gasteiger charge is 2.41. The number of methoxy groups -OCH3 is 1. The van der Waals surface area contributed by atoms with Gasteiger partial charge in [-0.05, 0) is 106 Å². The van der Waals surface area contributed by atoms with Gasteiger partial charge < -0.3 is 30.1 Å². The van der Waals surface area contributed by atoms with Crippen molar-refractivity contribution < 1.29 is 23.9 Å². The van der Waals surface area contributed by atoms with Crippen molar-refractivity contribution in [2.24, 2.45) is 5.92 Å². The summed E-state index contributed by atoms with van der Waals surface area (Å²) in [5.74, 6) is 1.52. The maximum Gasteiger partial charge on any atom is 0.265 e. The van der Waals surface area contributed by atoms with Gasteiger partial charge in [-0.2, -0.15) is 4.98 Å². The average molecular weight is 807 g/mol. The fourth-order valence-electron chi connectivity index (χ4n) is 9.68. The van der Waals surface area contributed by atoms with Crippen LogP contribution in [0.25, 0.3) is 0 Å². The molecule has 4 amide bonds. The summed E-state index contributed by atoms with van der Waals surface area (Å²) in [6, 6.07) is 13.9. The highest BCUT2D eigenvalue weighted by Crippen LogP contribution is 2.40. The van der Waals surface area contributed by atoms with Crippen LogP contribution in [-0.2, 0) is 14.4 Å². The lowest BCUT2D eigenvalue weighted by molar-refractivity contribution is -0.134. The quantitative estimate of drug-likeness (QED) is 0.178. The zero-order valence-electron chi connectivity index (χ0n) is 34.5. The molecule has 5 heterocycles. The van der Waals surface area contributed by atoms with Gasteiger partial charge in [0.05, 0.1) is 24.9 Å². The van der Waals surface area contributed by atoms with Crippen LogP contribution in [0.1, 0.15) is 99.4 Å². The monoisotopic (exact) mass is 806 g/mol. The van der Waals surface area contributed by atoms with Crippen molar-refractivity contribution in [1.29, 1.82) is 0 Å². The lowest BCUT2D eigenvalue weighted by atomic mass is 9.90. The largest absolute Gasteiger partial charge is 0.495 e. The molecule has 0 spiro atoms. The van der Waals surface area contributed by atoms with E-state index in [9.17, 15) is 19.2 Å². The first-order valence-corrected chi connectivity index (χ1v) is 21.5. The van der Waals surface area contributed by atoms with E-state index in [-0.39, 0.29) is 41.6 Å². The molecule has 8 rings (SSSR count). The molecule has 5 aliphatic rings. The van der Waals surface area contributed by atoms with Crippen LogP contribution < -0.4 is 35.9 Å². The third kappa shape index (κ3) is 8.86. The van der Waals surface area contributed by atoms with Gasteiger partial charge in [0.1, 0.15) is 17.5 Å². The van der Waals surface area contributed by atoms with Gasteiger partial charge in [0.2, 0.25) is 23.7 Å². The number of nitrogens with zero attached hydrogens (tertiary/aromatic N) is 6. The summed E-state index contributed by atoms with van der Waals surface area (Å²) in [7, 11) is 3.38. The maximum atomic E-state index is 13.5. The zero-order valence-corrected chi connectivity index (χ0v) is 34.5. The molecule has 59 heavy (non-hydrogen) atoms. The number of imide groups is 1. The van der Waals surface area contributed by atoms with E-state index in [1.54, 1.807) is 37.4 Å². The van der Waals surface area contributed by atoms with E-state index in [4.69, 9.17) is 9.72 Å². The minimum Gasteiger partial charge on any atom is -0.495 e. The average Bonchev–Trinajstić information content (AvgIpc) is 3.80. The molecule has 1 saturated carbocycles. The molecule has 15 nitrogen and oxygen atoms in total. The number of likely N-dealkylation sites (tertiary alicyclic amines) is 1. The second kappa shape index (κ2) is 17.9. The van der Waals surface area contributed by atoms with Crippen LogP contribution in [0, 0.1) is 5.92 Å². The van der Waals surface area contributed by atoms with Crippen LogP contribution in [0.15, 0.2) is 48.7 Å². The third-order valence-corrected chi connectivity index (χ3v) is 13.2. The summed E-state index contributed by atoms with van der Waals surface area (Å²) in [5, 5.41) is 11.4. The van der Waals surface area contributed by atoms with Gasteiger partial charge in [0.15, 0.2) is 5.82 Å². The van der Waals surface area contributed by atoms with Crippen molar-refractivity contribution in [3.8, 4) is 5.75 Å². The molecule has 1 aromatic heterocycles. The molecule has 4 fully saturated rings. The predicted molar refractivity (Wildman–Crippen MR) is 227 cm³/mol. The third-order valence-electron chi connectivity index (χ3n) is 13.2. The maximum absolute atomic E-state index is 13.5. The number of amides is 4. The number of hydrazine groups is 1. The Bertz CT molecular complexity index is 2010. The number of benzene rings is 2. The molecular formula is C44H58N10O5. The van der Waals surface area contributed by atoms with Gasteiger partial charge in [-0.1, -0.05) is 31.9 Å². The number of hydrogen-bond acceptors (Lipinski definition) is 12. The molecule has 3 aromatic rings. The van der Waals surface area contributed by atoms with E-state index in [1.165, 1.54) is 0 Å². The van der Waals surface area contributed by atoms with Crippen molar-refractivity contribution in [2.75, 3.05) is 67.3 Å². The Morgan fingerprint density at radius 2 is 1.66 bits per heavy atom. The Kier molecular flexibility index (Phi) is 12.3. The van der Waals surface area contributed by atoms with E-state index >= 15 is 0 Å². The summed E-state index contributed by atoms with van der Waals surface area (Å²) in [5.41, 5.74) is 6.98. The van der Waals surface area contributed by atoms with Gasteiger partial charge >= 0.3 is 0 Å². The molecule has 314 valence electrons. The minimum absolute atomic E-state index is 0.0767. The first-order valence-electron chi connectivity index (χ1n) is 21.5. The molecule has 1 unspecified atom stereocenters. The molecule has 15 heteroatoms. The Morgan fingerprint density at radius 3 is 2.36 bits per heavy atom. The van der Waals surface area contributed by atoms with Crippen LogP contribution in [0.4, 0.5) is 28.8 Å².